The lowest BCUT2D eigenvalue weighted by atomic mass is 9.98. The van der Waals surface area contributed by atoms with Crippen molar-refractivity contribution in [1.82, 2.24) is 19.8 Å². The third-order valence-corrected chi connectivity index (χ3v) is 6.50. The Morgan fingerprint density at radius 2 is 1.69 bits per heavy atom. The van der Waals surface area contributed by atoms with Gasteiger partial charge in [-0.1, -0.05) is 48.5 Å². The molecule has 2 amide bonds. The molecule has 0 saturated carbocycles. The third kappa shape index (κ3) is 4.75. The maximum atomic E-state index is 12.6. The lowest BCUT2D eigenvalue weighted by molar-refractivity contribution is -0.147. The number of carboxylic acids is 1. The summed E-state index contributed by atoms with van der Waals surface area (Å²) in [6.07, 6.45) is 2.47. The van der Waals surface area contributed by atoms with Gasteiger partial charge in [0.2, 0.25) is 0 Å². The largest absolute Gasteiger partial charge is 0.480 e. The van der Waals surface area contributed by atoms with Gasteiger partial charge < -0.3 is 24.6 Å². The van der Waals surface area contributed by atoms with Gasteiger partial charge in [-0.2, -0.15) is 0 Å². The fourth-order valence-electron chi connectivity index (χ4n) is 4.10. The van der Waals surface area contributed by atoms with Crippen molar-refractivity contribution in [3.63, 3.8) is 0 Å². The molecule has 0 atom stereocenters. The molecule has 35 heavy (non-hydrogen) atoms. The molecule has 0 aliphatic heterocycles. The number of benzene rings is 2. The number of carbonyl (C=O) groups is 3. The van der Waals surface area contributed by atoms with E-state index in [1.165, 1.54) is 44.5 Å². The molecular formula is C26H28N4O5. The number of hydrogen-bond donors (Lipinski definition) is 2. The summed E-state index contributed by atoms with van der Waals surface area (Å²) in [7, 11) is 1.42. The zero-order valence-electron chi connectivity index (χ0n) is 19.9. The maximum absolute atomic E-state index is 12.6. The van der Waals surface area contributed by atoms with E-state index in [9.17, 15) is 19.5 Å². The highest BCUT2D eigenvalue weighted by atomic mass is 16.5. The number of hydrogen-bond acceptors (Lipinski definition) is 5. The molecule has 1 aliphatic rings. The van der Waals surface area contributed by atoms with E-state index in [0.717, 1.165) is 16.0 Å². The number of imidazole rings is 1. The van der Waals surface area contributed by atoms with Crippen molar-refractivity contribution < 1.29 is 24.2 Å². The minimum absolute atomic E-state index is 0.0117. The summed E-state index contributed by atoms with van der Waals surface area (Å²) in [5.74, 6) is -1.62. The molecule has 0 bridgehead atoms. The second kappa shape index (κ2) is 9.61. The van der Waals surface area contributed by atoms with Crippen LogP contribution in [-0.2, 0) is 16.1 Å². The average Bonchev–Trinajstić information content (AvgIpc) is 3.44. The molecule has 182 valence electrons. The van der Waals surface area contributed by atoms with Crippen LogP contribution in [0.2, 0.25) is 0 Å². The minimum Gasteiger partial charge on any atom is -0.480 e. The van der Waals surface area contributed by atoms with E-state index in [1.54, 1.807) is 4.57 Å². The molecule has 2 N–H and O–H groups in total. The average molecular weight is 477 g/mol. The number of nitrogens with zero attached hydrogens (tertiary/aromatic N) is 3. The Morgan fingerprint density at radius 3 is 2.29 bits per heavy atom. The van der Waals surface area contributed by atoms with E-state index in [4.69, 9.17) is 4.74 Å². The predicted octanol–water partition coefficient (Wildman–Crippen LogP) is 3.36. The van der Waals surface area contributed by atoms with Gasteiger partial charge in [0.1, 0.15) is 17.8 Å². The minimum atomic E-state index is -1.37. The number of amides is 2. The van der Waals surface area contributed by atoms with Gasteiger partial charge in [0, 0.05) is 32.3 Å². The smallest absolute Gasteiger partial charge is 0.407 e. The van der Waals surface area contributed by atoms with Crippen LogP contribution in [0.1, 0.15) is 41.4 Å². The summed E-state index contributed by atoms with van der Waals surface area (Å²) >= 11 is 0. The molecule has 0 radical (unpaired) electrons. The second-order valence-corrected chi connectivity index (χ2v) is 8.98. The molecule has 2 aromatic carbocycles. The van der Waals surface area contributed by atoms with Crippen molar-refractivity contribution in [2.45, 2.75) is 31.8 Å². The van der Waals surface area contributed by atoms with Crippen LogP contribution in [0.4, 0.5) is 4.79 Å². The number of carbonyl (C=O) groups excluding carboxylic acids is 2. The van der Waals surface area contributed by atoms with Crippen LogP contribution >= 0.6 is 0 Å². The predicted molar refractivity (Wildman–Crippen MR) is 129 cm³/mol. The Morgan fingerprint density at radius 1 is 1.09 bits per heavy atom. The molecule has 9 nitrogen and oxygen atoms in total. The van der Waals surface area contributed by atoms with Crippen LogP contribution in [-0.4, -0.2) is 63.3 Å². The Labute approximate surface area is 203 Å². The number of aliphatic carboxylic acids is 1. The Kier molecular flexibility index (Phi) is 6.59. The highest BCUT2D eigenvalue weighted by molar-refractivity contribution is 5.95. The monoisotopic (exact) mass is 476 g/mol. The van der Waals surface area contributed by atoms with Gasteiger partial charge in [-0.05, 0) is 36.1 Å². The van der Waals surface area contributed by atoms with E-state index >= 15 is 0 Å². The SMILES string of the molecule is CN(C(=O)c1cn(CCNC(=O)OCC2c3ccccc3-c3ccccc32)cn1)C(C)(C)C(=O)O. The Balaban J connectivity index is 1.28. The number of fused-ring (bicyclic) bond motifs is 3. The number of ether oxygens (including phenoxy) is 1. The lowest BCUT2D eigenvalue weighted by Gasteiger charge is -2.30. The number of likely N-dealkylation sites (N-methyl/N-ethyl adjacent to an activating group) is 1. The summed E-state index contributed by atoms with van der Waals surface area (Å²) in [5, 5.41) is 12.0. The summed E-state index contributed by atoms with van der Waals surface area (Å²) in [6, 6.07) is 16.3. The highest BCUT2D eigenvalue weighted by Gasteiger charge is 2.36. The first-order valence-electron chi connectivity index (χ1n) is 11.3. The zero-order chi connectivity index (χ0) is 25.2. The zero-order valence-corrected chi connectivity index (χ0v) is 19.9. The first kappa shape index (κ1) is 24.0. The van der Waals surface area contributed by atoms with Gasteiger partial charge in [0.25, 0.3) is 5.91 Å². The number of nitrogens with one attached hydrogen (secondary N) is 1. The fraction of sp³-hybridized carbons (Fsp3) is 0.308. The normalized spacial score (nSPS) is 12.5. The van der Waals surface area contributed by atoms with Crippen molar-refractivity contribution in [2.75, 3.05) is 20.2 Å². The fourth-order valence-corrected chi connectivity index (χ4v) is 4.10. The van der Waals surface area contributed by atoms with Crippen LogP contribution in [0.15, 0.2) is 61.1 Å². The molecule has 0 unspecified atom stereocenters. The van der Waals surface area contributed by atoms with Crippen LogP contribution in [0.3, 0.4) is 0 Å². The number of aromatic nitrogens is 2. The first-order valence-corrected chi connectivity index (χ1v) is 11.3. The maximum Gasteiger partial charge on any atom is 0.407 e. The van der Waals surface area contributed by atoms with Gasteiger partial charge in [0.05, 0.1) is 6.33 Å². The van der Waals surface area contributed by atoms with Crippen molar-refractivity contribution in [1.29, 1.82) is 0 Å². The molecule has 4 rings (SSSR count). The molecule has 0 spiro atoms. The third-order valence-electron chi connectivity index (χ3n) is 6.50. The summed E-state index contributed by atoms with van der Waals surface area (Å²) in [4.78, 5) is 41.5. The van der Waals surface area contributed by atoms with Gasteiger partial charge in [-0.25, -0.2) is 14.6 Å². The van der Waals surface area contributed by atoms with E-state index in [1.807, 2.05) is 24.3 Å². The van der Waals surface area contributed by atoms with Gasteiger partial charge in [0.15, 0.2) is 0 Å². The van der Waals surface area contributed by atoms with Crippen LogP contribution < -0.4 is 5.32 Å². The van der Waals surface area contributed by atoms with E-state index < -0.39 is 23.5 Å². The first-order chi connectivity index (χ1) is 16.7. The lowest BCUT2D eigenvalue weighted by Crippen LogP contribution is -2.50. The topological polar surface area (TPSA) is 114 Å². The van der Waals surface area contributed by atoms with Crippen molar-refractivity contribution in [3.05, 3.63) is 77.9 Å². The van der Waals surface area contributed by atoms with Gasteiger partial charge in [-0.3, -0.25) is 4.79 Å². The van der Waals surface area contributed by atoms with E-state index in [-0.39, 0.29) is 24.8 Å². The Bertz CT molecular complexity index is 1220. The molecule has 1 aromatic heterocycles. The summed E-state index contributed by atoms with van der Waals surface area (Å²) < 4.78 is 7.17. The van der Waals surface area contributed by atoms with Crippen molar-refractivity contribution in [2.24, 2.45) is 0 Å². The van der Waals surface area contributed by atoms with E-state index in [0.29, 0.717) is 6.54 Å². The summed E-state index contributed by atoms with van der Waals surface area (Å²) in [5.41, 5.74) is 3.39. The molecule has 3 aromatic rings. The van der Waals surface area contributed by atoms with Crippen LogP contribution in [0.25, 0.3) is 11.1 Å². The van der Waals surface area contributed by atoms with Crippen LogP contribution in [0, 0.1) is 0 Å². The number of carboxylic acid groups (broad SMARTS) is 1. The highest BCUT2D eigenvalue weighted by Crippen LogP contribution is 2.44. The van der Waals surface area contributed by atoms with Gasteiger partial charge in [-0.15, -0.1) is 0 Å². The van der Waals surface area contributed by atoms with Crippen molar-refractivity contribution in [3.8, 4) is 11.1 Å². The summed E-state index contributed by atoms with van der Waals surface area (Å²) in [6.45, 7) is 3.77. The number of rotatable bonds is 8. The molecular weight excluding hydrogens is 448 g/mol. The number of alkyl carbamates (subject to hydrolysis) is 1. The van der Waals surface area contributed by atoms with Crippen molar-refractivity contribution >= 4 is 18.0 Å². The van der Waals surface area contributed by atoms with E-state index in [2.05, 4.69) is 34.6 Å². The molecule has 0 saturated heterocycles. The quantitative estimate of drug-likeness (QED) is 0.515. The van der Waals surface area contributed by atoms with Gasteiger partial charge >= 0.3 is 12.1 Å². The molecule has 0 fully saturated rings. The van der Waals surface area contributed by atoms with Crippen LogP contribution in [0.5, 0.6) is 0 Å². The molecule has 9 heteroatoms. The molecule has 1 heterocycles. The Hall–Kier alpha value is -4.14. The standard InChI is InChI=1S/C26H28N4O5/c1-26(2,24(32)33)29(3)23(31)22-14-30(16-28-22)13-12-27-25(34)35-15-21-19-10-6-4-8-17(19)18-9-5-7-11-20(18)21/h4-11,14,16,21H,12-13,15H2,1-3H3,(H,27,34)(H,32,33). The molecule has 1 aliphatic carbocycles. The second-order valence-electron chi connectivity index (χ2n) is 8.98.